The van der Waals surface area contributed by atoms with E-state index in [1.807, 2.05) is 54.7 Å². The fourth-order valence-corrected chi connectivity index (χ4v) is 4.37. The van der Waals surface area contributed by atoms with E-state index in [4.69, 9.17) is 4.74 Å². The fraction of sp³-hybridized carbons (Fsp3) is 0.292. The van der Waals surface area contributed by atoms with Crippen LogP contribution in [-0.2, 0) is 22.6 Å². The van der Waals surface area contributed by atoms with Crippen molar-refractivity contribution < 1.29 is 14.3 Å². The maximum atomic E-state index is 12.8. The molecule has 5 rings (SSSR count). The van der Waals surface area contributed by atoms with Crippen molar-refractivity contribution in [1.29, 1.82) is 0 Å². The fourth-order valence-electron chi connectivity index (χ4n) is 4.37. The van der Waals surface area contributed by atoms with Crippen LogP contribution in [0, 0.1) is 5.92 Å². The van der Waals surface area contributed by atoms with Crippen molar-refractivity contribution in [2.24, 2.45) is 5.92 Å². The van der Waals surface area contributed by atoms with Crippen LogP contribution in [0.4, 0.5) is 11.4 Å². The van der Waals surface area contributed by atoms with Gasteiger partial charge in [-0.05, 0) is 36.2 Å². The zero-order chi connectivity index (χ0) is 21.4. The number of hydrogen-bond donors (Lipinski definition) is 1. The summed E-state index contributed by atoms with van der Waals surface area (Å²) in [7, 11) is 1.59. The van der Waals surface area contributed by atoms with E-state index >= 15 is 0 Å². The minimum absolute atomic E-state index is 0.0571. The van der Waals surface area contributed by atoms with Crippen LogP contribution in [-0.4, -0.2) is 35.0 Å². The van der Waals surface area contributed by atoms with Gasteiger partial charge in [-0.3, -0.25) is 9.59 Å². The van der Waals surface area contributed by atoms with Crippen LogP contribution in [0.2, 0.25) is 0 Å². The van der Waals surface area contributed by atoms with Crippen LogP contribution in [0.5, 0.6) is 5.75 Å². The predicted molar refractivity (Wildman–Crippen MR) is 118 cm³/mol. The number of hydrogen-bond acceptors (Lipinski definition) is 4. The Hall–Kier alpha value is -3.61. The molecule has 3 heterocycles. The van der Waals surface area contributed by atoms with Gasteiger partial charge in [0.1, 0.15) is 11.6 Å². The summed E-state index contributed by atoms with van der Waals surface area (Å²) < 4.78 is 7.50. The van der Waals surface area contributed by atoms with Crippen LogP contribution in [0.3, 0.4) is 0 Å². The van der Waals surface area contributed by atoms with Crippen molar-refractivity contribution in [2.75, 3.05) is 23.9 Å². The number of nitrogens with one attached hydrogen (secondary N) is 1. The second-order valence-electron chi connectivity index (χ2n) is 7.99. The van der Waals surface area contributed by atoms with E-state index in [0.717, 1.165) is 47.8 Å². The molecule has 1 unspecified atom stereocenters. The first-order chi connectivity index (χ1) is 15.1. The van der Waals surface area contributed by atoms with Gasteiger partial charge in [-0.1, -0.05) is 18.2 Å². The molecule has 7 nitrogen and oxygen atoms in total. The third-order valence-corrected chi connectivity index (χ3v) is 6.03. The monoisotopic (exact) mass is 416 g/mol. The van der Waals surface area contributed by atoms with E-state index in [0.29, 0.717) is 12.3 Å². The molecule has 1 atom stereocenters. The molecule has 1 aromatic heterocycles. The maximum Gasteiger partial charge on any atom is 0.229 e. The molecule has 7 heteroatoms. The molecule has 1 saturated heterocycles. The Morgan fingerprint density at radius 2 is 2.03 bits per heavy atom. The summed E-state index contributed by atoms with van der Waals surface area (Å²) >= 11 is 0. The van der Waals surface area contributed by atoms with E-state index in [2.05, 4.69) is 14.9 Å². The number of nitrogens with zero attached hydrogens (tertiary/aromatic N) is 3. The molecule has 1 N–H and O–H groups in total. The Bertz CT molecular complexity index is 1140. The van der Waals surface area contributed by atoms with Crippen LogP contribution in [0.25, 0.3) is 11.3 Å². The van der Waals surface area contributed by atoms with Crippen molar-refractivity contribution >= 4 is 23.2 Å². The van der Waals surface area contributed by atoms with Crippen molar-refractivity contribution in [1.82, 2.24) is 9.55 Å². The van der Waals surface area contributed by atoms with Gasteiger partial charge in [0.05, 0.1) is 24.9 Å². The quantitative estimate of drug-likeness (QED) is 0.691. The lowest BCUT2D eigenvalue weighted by molar-refractivity contribution is -0.122. The number of aryl methyl sites for hydroxylation is 1. The molecule has 2 aliphatic heterocycles. The van der Waals surface area contributed by atoms with E-state index in [9.17, 15) is 9.59 Å². The lowest BCUT2D eigenvalue weighted by Gasteiger charge is -2.17. The molecule has 31 heavy (non-hydrogen) atoms. The van der Waals surface area contributed by atoms with Gasteiger partial charge in [0.2, 0.25) is 11.8 Å². The van der Waals surface area contributed by atoms with E-state index in [1.54, 1.807) is 12.0 Å². The first kappa shape index (κ1) is 19.4. The normalized spacial score (nSPS) is 17.6. The Morgan fingerprint density at radius 3 is 2.84 bits per heavy atom. The molecular weight excluding hydrogens is 392 g/mol. The van der Waals surface area contributed by atoms with Crippen molar-refractivity contribution in [2.45, 2.75) is 25.8 Å². The number of carbonyl (C=O) groups is 2. The molecule has 2 amide bonds. The van der Waals surface area contributed by atoms with E-state index in [-0.39, 0.29) is 18.2 Å². The number of carbonyl (C=O) groups excluding carboxylic acids is 2. The number of amides is 2. The molecule has 0 radical (unpaired) electrons. The van der Waals surface area contributed by atoms with Gasteiger partial charge in [0.15, 0.2) is 0 Å². The third-order valence-electron chi connectivity index (χ3n) is 6.03. The highest BCUT2D eigenvalue weighted by Crippen LogP contribution is 2.29. The van der Waals surface area contributed by atoms with Gasteiger partial charge in [-0.2, -0.15) is 0 Å². The molecule has 2 aliphatic rings. The highest BCUT2D eigenvalue weighted by Gasteiger charge is 2.35. The van der Waals surface area contributed by atoms with Gasteiger partial charge in [0.25, 0.3) is 0 Å². The lowest BCUT2D eigenvalue weighted by Crippen LogP contribution is -2.28. The highest BCUT2D eigenvalue weighted by molar-refractivity contribution is 6.03. The highest BCUT2D eigenvalue weighted by atomic mass is 16.5. The molecule has 2 aromatic carbocycles. The zero-order valence-electron chi connectivity index (χ0n) is 17.4. The summed E-state index contributed by atoms with van der Waals surface area (Å²) in [6, 6.07) is 15.1. The standard InChI is InChI=1S/C24H24N4O3/c1-31-20-5-2-4-19(13-20)28-15-17(12-23(28)29)24(30)26-18-9-7-16(8-10-18)21-14-25-22-6-3-11-27(21)22/h2,4-5,7-10,13-14,17H,3,6,11-12,15H2,1H3,(H,26,30). The minimum Gasteiger partial charge on any atom is -0.497 e. The molecule has 1 fully saturated rings. The van der Waals surface area contributed by atoms with Crippen molar-refractivity contribution in [3.8, 4) is 17.0 Å². The summed E-state index contributed by atoms with van der Waals surface area (Å²) in [6.45, 7) is 1.36. The largest absolute Gasteiger partial charge is 0.497 e. The number of aromatic nitrogens is 2. The molecule has 0 bridgehead atoms. The average Bonchev–Trinajstić information content (AvgIpc) is 3.50. The van der Waals surface area contributed by atoms with E-state index < -0.39 is 5.92 Å². The average molecular weight is 416 g/mol. The van der Waals surface area contributed by atoms with E-state index in [1.165, 1.54) is 0 Å². The first-order valence-electron chi connectivity index (χ1n) is 10.5. The van der Waals surface area contributed by atoms with Crippen LogP contribution in [0.1, 0.15) is 18.7 Å². The smallest absolute Gasteiger partial charge is 0.229 e. The topological polar surface area (TPSA) is 76.5 Å². The molecule has 158 valence electrons. The number of ether oxygens (including phenoxy) is 1. The number of fused-ring (bicyclic) bond motifs is 1. The van der Waals surface area contributed by atoms with Crippen LogP contribution in [0.15, 0.2) is 54.7 Å². The van der Waals surface area contributed by atoms with Gasteiger partial charge >= 0.3 is 0 Å². The second kappa shape index (κ2) is 7.91. The Balaban J connectivity index is 1.25. The third kappa shape index (κ3) is 3.67. The summed E-state index contributed by atoms with van der Waals surface area (Å²) in [6.07, 6.45) is 4.28. The second-order valence-corrected chi connectivity index (χ2v) is 7.99. The van der Waals surface area contributed by atoms with Gasteiger partial charge in [-0.25, -0.2) is 4.98 Å². The van der Waals surface area contributed by atoms with Gasteiger partial charge < -0.3 is 19.5 Å². The lowest BCUT2D eigenvalue weighted by atomic mass is 10.1. The number of rotatable bonds is 5. The zero-order valence-corrected chi connectivity index (χ0v) is 17.4. The number of benzene rings is 2. The summed E-state index contributed by atoms with van der Waals surface area (Å²) in [4.78, 5) is 31.4. The van der Waals surface area contributed by atoms with Gasteiger partial charge in [-0.15, -0.1) is 0 Å². The molecule has 3 aromatic rings. The minimum atomic E-state index is -0.392. The van der Waals surface area contributed by atoms with Crippen LogP contribution < -0.4 is 15.0 Å². The number of anilines is 2. The molecule has 0 aliphatic carbocycles. The van der Waals surface area contributed by atoms with Crippen LogP contribution >= 0.6 is 0 Å². The maximum absolute atomic E-state index is 12.8. The number of imidazole rings is 1. The summed E-state index contributed by atoms with van der Waals surface area (Å²) in [5.41, 5.74) is 3.67. The SMILES string of the molecule is COc1cccc(N2CC(C(=O)Nc3ccc(-c4cnc5n4CCC5)cc3)CC2=O)c1. The molecule has 0 spiro atoms. The first-order valence-corrected chi connectivity index (χ1v) is 10.5. The predicted octanol–water partition coefficient (Wildman–Crippen LogP) is 3.50. The van der Waals surface area contributed by atoms with Gasteiger partial charge in [0, 0.05) is 43.4 Å². The van der Waals surface area contributed by atoms with Crippen molar-refractivity contribution in [3.05, 3.63) is 60.6 Å². The van der Waals surface area contributed by atoms with Crippen molar-refractivity contribution in [3.63, 3.8) is 0 Å². The Kier molecular flexibility index (Phi) is 4.94. The molecule has 0 saturated carbocycles. The Morgan fingerprint density at radius 1 is 1.19 bits per heavy atom. The summed E-state index contributed by atoms with van der Waals surface area (Å²) in [5.74, 6) is 1.23. The summed E-state index contributed by atoms with van der Waals surface area (Å²) in [5, 5.41) is 2.96. The Labute approximate surface area is 180 Å². The molecular formula is C24H24N4O3. The number of methoxy groups -OCH3 is 1.